The molecular formula is C38H62O13. The Hall–Kier alpha value is -0.520. The van der Waals surface area contributed by atoms with Crippen LogP contribution in [0.25, 0.3) is 0 Å². The number of rotatable bonds is 4. The molecule has 0 amide bonds. The maximum atomic E-state index is 11.6. The molecule has 51 heavy (non-hydrogen) atoms. The van der Waals surface area contributed by atoms with Gasteiger partial charge in [-0.15, -0.1) is 0 Å². The van der Waals surface area contributed by atoms with Crippen LogP contribution in [-0.4, -0.2) is 134 Å². The topological polar surface area (TPSA) is 197 Å². The van der Waals surface area contributed by atoms with Crippen molar-refractivity contribution in [2.45, 2.75) is 171 Å². The molecule has 8 aliphatic rings. The number of hydrogen-bond donors (Lipinski definition) is 7. The van der Waals surface area contributed by atoms with Gasteiger partial charge in [-0.2, -0.15) is 0 Å². The summed E-state index contributed by atoms with van der Waals surface area (Å²) in [6.45, 7) is 11.1. The van der Waals surface area contributed by atoms with Gasteiger partial charge in [0.1, 0.15) is 42.7 Å². The molecule has 0 radical (unpaired) electrons. The molecule has 4 saturated heterocycles. The molecule has 0 aromatic heterocycles. The average Bonchev–Trinajstić information content (AvgIpc) is 3.54. The first-order chi connectivity index (χ1) is 24.1. The Bertz CT molecular complexity index is 1270. The molecule has 0 aromatic carbocycles. The van der Waals surface area contributed by atoms with Crippen molar-refractivity contribution in [3.8, 4) is 0 Å². The highest BCUT2D eigenvalue weighted by Gasteiger charge is 2.71. The van der Waals surface area contributed by atoms with E-state index in [1.807, 2.05) is 0 Å². The molecule has 292 valence electrons. The molecule has 0 unspecified atom stereocenters. The fraction of sp³-hybridized carbons (Fsp3) is 1.00. The van der Waals surface area contributed by atoms with Gasteiger partial charge in [0.2, 0.25) is 0 Å². The van der Waals surface area contributed by atoms with Crippen LogP contribution >= 0.6 is 0 Å². The quantitative estimate of drug-likeness (QED) is 0.203. The second-order valence-electron chi connectivity index (χ2n) is 18.5. The average molecular weight is 727 g/mol. The van der Waals surface area contributed by atoms with Crippen LogP contribution in [-0.2, 0) is 28.4 Å². The molecule has 7 N–H and O–H groups in total. The summed E-state index contributed by atoms with van der Waals surface area (Å²) in [7, 11) is 0. The third-order valence-electron chi connectivity index (χ3n) is 15.7. The van der Waals surface area contributed by atoms with Gasteiger partial charge in [0.15, 0.2) is 18.4 Å². The summed E-state index contributed by atoms with van der Waals surface area (Å²) < 4.78 is 37.6. The fourth-order valence-corrected chi connectivity index (χ4v) is 13.1. The maximum Gasteiger partial charge on any atom is 0.197 e. The second kappa shape index (κ2) is 13.3. The van der Waals surface area contributed by atoms with E-state index in [0.717, 1.165) is 38.5 Å². The van der Waals surface area contributed by atoms with Gasteiger partial charge >= 0.3 is 0 Å². The van der Waals surface area contributed by atoms with Crippen LogP contribution in [0.2, 0.25) is 0 Å². The van der Waals surface area contributed by atoms with Crippen molar-refractivity contribution in [2.75, 3.05) is 13.2 Å². The summed E-state index contributed by atoms with van der Waals surface area (Å²) in [5.41, 5.74) is -0.115. The number of hydrogen-bond acceptors (Lipinski definition) is 13. The van der Waals surface area contributed by atoms with Crippen molar-refractivity contribution in [3.05, 3.63) is 0 Å². The first-order valence-electron chi connectivity index (χ1n) is 19.7. The molecule has 4 aliphatic carbocycles. The standard InChI is InChI=1S/C38H62O13/c1-16-10-27(41)38(47-14-16)17(2)28-26(51-38)13-22-20-12-25(23-11-19(39)6-8-36(23,4)21(20)7-9-37(22,28)5)49-35-32(45)33(29(42)18(3)48-35)50-34-31(44)30(43)24(40)15-46-34/h16-35,39-45H,6-15H2,1-5H3/t16-,17-,18+,19-,20+,21-,22-,23+,24+,25-,26-,27+,28-,29+,30-,31+,32+,33-,34-,35-,36+,37-,38-/m0/s1. The molecule has 1 spiro atoms. The van der Waals surface area contributed by atoms with Gasteiger partial charge in [0.25, 0.3) is 0 Å². The van der Waals surface area contributed by atoms with Crippen molar-refractivity contribution >= 4 is 0 Å². The summed E-state index contributed by atoms with van der Waals surface area (Å²) in [4.78, 5) is 0. The van der Waals surface area contributed by atoms with Gasteiger partial charge in [0, 0.05) is 5.92 Å². The summed E-state index contributed by atoms with van der Waals surface area (Å²) in [6, 6.07) is 0. The van der Waals surface area contributed by atoms with E-state index in [1.165, 1.54) is 0 Å². The number of ether oxygens (including phenoxy) is 6. The van der Waals surface area contributed by atoms with E-state index in [1.54, 1.807) is 6.92 Å². The van der Waals surface area contributed by atoms with Gasteiger partial charge in [-0.1, -0.05) is 27.7 Å². The van der Waals surface area contributed by atoms with Crippen molar-refractivity contribution in [1.29, 1.82) is 0 Å². The SMILES string of the molecule is C[C@@H]1CO[C@@]2(O[C@H]3C[C@H]4[C@@H]5C[C@H](O[C@@H]6O[C@H](C)[C@@H](O)[C@H](O[C@@H]7OC[C@@H](O)[C@H](O)[C@H]7O)[C@H]6O)[C@H]6C[C@@H](O)CC[C@]6(C)[C@H]5CC[C@]4(C)[C@H]3[C@@H]2C)[C@H](O)C1. The lowest BCUT2D eigenvalue weighted by atomic mass is 9.43. The largest absolute Gasteiger partial charge is 0.393 e. The second-order valence-corrected chi connectivity index (χ2v) is 18.5. The number of fused-ring (bicyclic) bond motifs is 7. The van der Waals surface area contributed by atoms with E-state index >= 15 is 0 Å². The minimum Gasteiger partial charge on any atom is -0.393 e. The molecule has 0 bridgehead atoms. The van der Waals surface area contributed by atoms with E-state index in [2.05, 4.69) is 27.7 Å². The molecule has 23 atom stereocenters. The zero-order valence-corrected chi connectivity index (χ0v) is 30.7. The Morgan fingerprint density at radius 3 is 2.18 bits per heavy atom. The number of aliphatic hydroxyl groups is 7. The van der Waals surface area contributed by atoms with Gasteiger partial charge < -0.3 is 64.2 Å². The van der Waals surface area contributed by atoms with Crippen molar-refractivity contribution in [2.24, 2.45) is 52.3 Å². The molecule has 0 aromatic rings. The van der Waals surface area contributed by atoms with Crippen molar-refractivity contribution < 1.29 is 64.2 Å². The highest BCUT2D eigenvalue weighted by Crippen LogP contribution is 2.71. The minimum absolute atomic E-state index is 0.00406. The number of aliphatic hydroxyl groups excluding tert-OH is 7. The zero-order chi connectivity index (χ0) is 36.4. The third-order valence-corrected chi connectivity index (χ3v) is 15.7. The lowest BCUT2D eigenvalue weighted by Gasteiger charge is -2.63. The zero-order valence-electron chi connectivity index (χ0n) is 30.7. The third kappa shape index (κ3) is 5.73. The van der Waals surface area contributed by atoms with E-state index in [9.17, 15) is 35.7 Å². The van der Waals surface area contributed by atoms with Crippen LogP contribution in [0.15, 0.2) is 0 Å². The predicted octanol–water partition coefficient (Wildman–Crippen LogP) is 1.05. The van der Waals surface area contributed by atoms with Crippen molar-refractivity contribution in [3.63, 3.8) is 0 Å². The highest BCUT2D eigenvalue weighted by atomic mass is 16.7. The molecule has 8 rings (SSSR count). The van der Waals surface area contributed by atoms with E-state index in [-0.39, 0.29) is 53.3 Å². The van der Waals surface area contributed by atoms with Crippen molar-refractivity contribution in [1.82, 2.24) is 0 Å². The van der Waals surface area contributed by atoms with Crippen LogP contribution in [0.4, 0.5) is 0 Å². The normalized spacial score (nSPS) is 61.4. The van der Waals surface area contributed by atoms with E-state index in [4.69, 9.17) is 28.4 Å². The van der Waals surface area contributed by atoms with Crippen LogP contribution in [0.3, 0.4) is 0 Å². The highest BCUT2D eigenvalue weighted by molar-refractivity contribution is 5.17. The molecular weight excluding hydrogens is 664 g/mol. The lowest BCUT2D eigenvalue weighted by Crippen LogP contribution is -2.64. The van der Waals surface area contributed by atoms with Gasteiger partial charge in [-0.25, -0.2) is 0 Å². The van der Waals surface area contributed by atoms with Gasteiger partial charge in [0.05, 0.1) is 37.6 Å². The Morgan fingerprint density at radius 2 is 1.43 bits per heavy atom. The monoisotopic (exact) mass is 726 g/mol. The van der Waals surface area contributed by atoms with Crippen LogP contribution < -0.4 is 0 Å². The predicted molar refractivity (Wildman–Crippen MR) is 178 cm³/mol. The van der Waals surface area contributed by atoms with Gasteiger partial charge in [-0.05, 0) is 105 Å². The molecule has 8 fully saturated rings. The lowest BCUT2D eigenvalue weighted by molar-refractivity contribution is -0.357. The fourth-order valence-electron chi connectivity index (χ4n) is 13.1. The Kier molecular flexibility index (Phi) is 9.76. The van der Waals surface area contributed by atoms with Crippen LogP contribution in [0, 0.1) is 52.3 Å². The van der Waals surface area contributed by atoms with Crippen LogP contribution in [0.1, 0.15) is 86.0 Å². The minimum atomic E-state index is -1.59. The van der Waals surface area contributed by atoms with E-state index < -0.39 is 73.3 Å². The molecule has 4 aliphatic heterocycles. The Labute approximate surface area is 300 Å². The molecule has 4 saturated carbocycles. The maximum absolute atomic E-state index is 11.6. The summed E-state index contributed by atoms with van der Waals surface area (Å²) in [5.74, 6) is 0.780. The summed E-state index contributed by atoms with van der Waals surface area (Å²) in [6.07, 6.45) is -6.52. The first-order valence-corrected chi connectivity index (χ1v) is 19.7. The Balaban J connectivity index is 1.04. The molecule has 13 heteroatoms. The molecule has 13 nitrogen and oxygen atoms in total. The smallest absolute Gasteiger partial charge is 0.197 e. The summed E-state index contributed by atoms with van der Waals surface area (Å²) >= 11 is 0. The first kappa shape index (κ1) is 37.4. The Morgan fingerprint density at radius 1 is 0.686 bits per heavy atom. The van der Waals surface area contributed by atoms with E-state index in [0.29, 0.717) is 37.2 Å². The summed E-state index contributed by atoms with van der Waals surface area (Å²) in [5, 5.41) is 75.6. The van der Waals surface area contributed by atoms with Crippen LogP contribution in [0.5, 0.6) is 0 Å². The molecule has 4 heterocycles. The van der Waals surface area contributed by atoms with Gasteiger partial charge in [-0.3, -0.25) is 0 Å².